The van der Waals surface area contributed by atoms with Crippen LogP contribution in [0.2, 0.25) is 0 Å². The third-order valence-electron chi connectivity index (χ3n) is 2.35. The van der Waals surface area contributed by atoms with Crippen molar-refractivity contribution in [2.24, 2.45) is 5.73 Å². The summed E-state index contributed by atoms with van der Waals surface area (Å²) in [7, 11) is 0. The summed E-state index contributed by atoms with van der Waals surface area (Å²) in [5, 5.41) is 0. The van der Waals surface area contributed by atoms with Crippen LogP contribution in [0.15, 0.2) is 48.7 Å². The van der Waals surface area contributed by atoms with Gasteiger partial charge in [0, 0.05) is 30.3 Å². The van der Waals surface area contributed by atoms with Crippen LogP contribution in [0.1, 0.15) is 12.0 Å². The van der Waals surface area contributed by atoms with Gasteiger partial charge in [-0.05, 0) is 24.3 Å². The number of hydrogen-bond donors (Lipinski definition) is 1. The van der Waals surface area contributed by atoms with E-state index >= 15 is 0 Å². The second-order valence-electron chi connectivity index (χ2n) is 3.63. The highest BCUT2D eigenvalue weighted by Crippen LogP contribution is 2.16. The topological polar surface area (TPSA) is 38.9 Å². The molecule has 1 aromatic carbocycles. The van der Waals surface area contributed by atoms with Crippen molar-refractivity contribution in [3.63, 3.8) is 0 Å². The van der Waals surface area contributed by atoms with Crippen LogP contribution < -0.4 is 5.73 Å². The highest BCUT2D eigenvalue weighted by atomic mass is 14.7. The van der Waals surface area contributed by atoms with Crippen LogP contribution in [-0.2, 0) is 0 Å². The summed E-state index contributed by atoms with van der Waals surface area (Å²) in [6.07, 6.45) is 2.53. The largest absolute Gasteiger partial charge is 0.330 e. The molecule has 1 heterocycles. The third kappa shape index (κ3) is 3.17. The molecule has 0 aliphatic heterocycles. The zero-order chi connectivity index (χ0) is 11.9. The Labute approximate surface area is 102 Å². The minimum absolute atomic E-state index is 0.610. The Hall–Kier alpha value is -2.11. The van der Waals surface area contributed by atoms with Gasteiger partial charge in [-0.1, -0.05) is 30.0 Å². The molecule has 0 amide bonds. The fraction of sp³-hybridized carbons (Fsp3) is 0.133. The Morgan fingerprint density at radius 2 is 1.88 bits per heavy atom. The molecule has 0 saturated carbocycles. The van der Waals surface area contributed by atoms with Gasteiger partial charge in [-0.15, -0.1) is 0 Å². The van der Waals surface area contributed by atoms with E-state index in [0.717, 1.165) is 23.2 Å². The summed E-state index contributed by atoms with van der Waals surface area (Å²) in [6, 6.07) is 14.0. The molecule has 0 bridgehead atoms. The molecular weight excluding hydrogens is 208 g/mol. The summed E-state index contributed by atoms with van der Waals surface area (Å²) in [6.45, 7) is 0.610. The van der Waals surface area contributed by atoms with Gasteiger partial charge in [0.1, 0.15) is 0 Å². The molecule has 2 N–H and O–H groups in total. The zero-order valence-electron chi connectivity index (χ0n) is 9.56. The summed E-state index contributed by atoms with van der Waals surface area (Å²) >= 11 is 0. The van der Waals surface area contributed by atoms with Gasteiger partial charge in [-0.25, -0.2) is 0 Å². The van der Waals surface area contributed by atoms with Crippen molar-refractivity contribution in [2.75, 3.05) is 6.54 Å². The van der Waals surface area contributed by atoms with E-state index in [2.05, 4.69) is 16.8 Å². The Balaban J connectivity index is 2.17. The molecule has 84 valence electrons. The minimum atomic E-state index is 0.610. The monoisotopic (exact) mass is 222 g/mol. The van der Waals surface area contributed by atoms with Gasteiger partial charge in [0.15, 0.2) is 0 Å². The molecule has 0 unspecified atom stereocenters. The second-order valence-corrected chi connectivity index (χ2v) is 3.63. The molecule has 2 aromatic rings. The molecule has 0 fully saturated rings. The van der Waals surface area contributed by atoms with Gasteiger partial charge >= 0.3 is 0 Å². The van der Waals surface area contributed by atoms with Gasteiger partial charge in [0.25, 0.3) is 0 Å². The molecule has 2 rings (SSSR count). The normalized spacial score (nSPS) is 9.47. The number of rotatable bonds is 2. The maximum absolute atomic E-state index is 5.38. The lowest BCUT2D eigenvalue weighted by molar-refractivity contribution is 1.03. The van der Waals surface area contributed by atoms with E-state index in [4.69, 9.17) is 5.73 Å². The van der Waals surface area contributed by atoms with Crippen LogP contribution in [0.4, 0.5) is 0 Å². The first-order valence-corrected chi connectivity index (χ1v) is 5.60. The first-order valence-electron chi connectivity index (χ1n) is 5.60. The van der Waals surface area contributed by atoms with Crippen molar-refractivity contribution in [3.8, 4) is 23.1 Å². The number of nitrogens with two attached hydrogens (primary N) is 1. The van der Waals surface area contributed by atoms with Crippen LogP contribution in [0, 0.1) is 11.8 Å². The predicted octanol–water partition coefficient (Wildman–Crippen LogP) is 2.45. The Kier molecular flexibility index (Phi) is 3.90. The van der Waals surface area contributed by atoms with Crippen LogP contribution in [0.25, 0.3) is 11.3 Å². The first kappa shape index (κ1) is 11.4. The second kappa shape index (κ2) is 5.83. The summed E-state index contributed by atoms with van der Waals surface area (Å²) in [5.74, 6) is 6.09. The molecule has 0 aliphatic rings. The van der Waals surface area contributed by atoms with Gasteiger partial charge in [-0.3, -0.25) is 4.98 Å². The number of hydrogen-bond acceptors (Lipinski definition) is 2. The summed E-state index contributed by atoms with van der Waals surface area (Å²) in [4.78, 5) is 4.30. The molecule has 0 saturated heterocycles. The van der Waals surface area contributed by atoms with E-state index in [1.165, 1.54) is 0 Å². The maximum atomic E-state index is 5.38. The Bertz CT molecular complexity index is 518. The highest BCUT2D eigenvalue weighted by molar-refractivity contribution is 5.60. The van der Waals surface area contributed by atoms with E-state index in [1.807, 2.05) is 42.5 Å². The molecule has 0 radical (unpaired) electrons. The molecular formula is C15H14N2. The van der Waals surface area contributed by atoms with Crippen molar-refractivity contribution >= 4 is 0 Å². The van der Waals surface area contributed by atoms with E-state index in [0.29, 0.717) is 6.54 Å². The molecule has 0 spiro atoms. The summed E-state index contributed by atoms with van der Waals surface area (Å²) in [5.41, 5.74) is 8.48. The number of pyridine rings is 1. The highest BCUT2D eigenvalue weighted by Gasteiger charge is 1.96. The predicted molar refractivity (Wildman–Crippen MR) is 70.2 cm³/mol. The third-order valence-corrected chi connectivity index (χ3v) is 2.35. The molecule has 1 aromatic heterocycles. The van der Waals surface area contributed by atoms with Crippen LogP contribution >= 0.6 is 0 Å². The molecule has 2 nitrogen and oxygen atoms in total. The summed E-state index contributed by atoms with van der Waals surface area (Å²) < 4.78 is 0. The van der Waals surface area contributed by atoms with Gasteiger partial charge < -0.3 is 5.73 Å². The standard InChI is InChI=1S/C15H14N2/c16-11-3-1-5-13-7-9-14(10-8-13)15-6-2-4-12-17-15/h2,4,6-10,12H,3,11,16H2. The fourth-order valence-electron chi connectivity index (χ4n) is 1.49. The van der Waals surface area contributed by atoms with Crippen molar-refractivity contribution in [1.29, 1.82) is 0 Å². The van der Waals surface area contributed by atoms with Gasteiger partial charge in [0.2, 0.25) is 0 Å². The van der Waals surface area contributed by atoms with E-state index in [-0.39, 0.29) is 0 Å². The Morgan fingerprint density at radius 3 is 2.53 bits per heavy atom. The van der Waals surface area contributed by atoms with Crippen molar-refractivity contribution < 1.29 is 0 Å². The van der Waals surface area contributed by atoms with E-state index < -0.39 is 0 Å². The Morgan fingerprint density at radius 1 is 1.06 bits per heavy atom. The van der Waals surface area contributed by atoms with E-state index in [1.54, 1.807) is 6.20 Å². The number of nitrogens with zero attached hydrogens (tertiary/aromatic N) is 1. The smallest absolute Gasteiger partial charge is 0.0701 e. The maximum Gasteiger partial charge on any atom is 0.0701 e. The quantitative estimate of drug-likeness (QED) is 0.793. The van der Waals surface area contributed by atoms with Gasteiger partial charge in [0.05, 0.1) is 5.69 Å². The average molecular weight is 222 g/mol. The van der Waals surface area contributed by atoms with E-state index in [9.17, 15) is 0 Å². The first-order chi connectivity index (χ1) is 8.40. The molecule has 2 heteroatoms. The van der Waals surface area contributed by atoms with Crippen LogP contribution in [-0.4, -0.2) is 11.5 Å². The van der Waals surface area contributed by atoms with Crippen LogP contribution in [0.3, 0.4) is 0 Å². The minimum Gasteiger partial charge on any atom is -0.330 e. The lowest BCUT2D eigenvalue weighted by atomic mass is 10.1. The zero-order valence-corrected chi connectivity index (χ0v) is 9.56. The lowest BCUT2D eigenvalue weighted by Gasteiger charge is -1.99. The average Bonchev–Trinajstić information content (AvgIpc) is 2.41. The van der Waals surface area contributed by atoms with Crippen molar-refractivity contribution in [3.05, 3.63) is 54.2 Å². The SMILES string of the molecule is NCCC#Cc1ccc(-c2ccccn2)cc1. The molecule has 17 heavy (non-hydrogen) atoms. The molecule has 0 atom stereocenters. The van der Waals surface area contributed by atoms with Crippen molar-refractivity contribution in [1.82, 2.24) is 4.98 Å². The van der Waals surface area contributed by atoms with Gasteiger partial charge in [-0.2, -0.15) is 0 Å². The van der Waals surface area contributed by atoms with Crippen molar-refractivity contribution in [2.45, 2.75) is 6.42 Å². The number of aromatic nitrogens is 1. The lowest BCUT2D eigenvalue weighted by Crippen LogP contribution is -1.95. The fourth-order valence-corrected chi connectivity index (χ4v) is 1.49. The molecule has 0 aliphatic carbocycles. The number of benzene rings is 1. The van der Waals surface area contributed by atoms with Crippen LogP contribution in [0.5, 0.6) is 0 Å².